The van der Waals surface area contributed by atoms with Crippen LogP contribution in [0.25, 0.3) is 0 Å². The summed E-state index contributed by atoms with van der Waals surface area (Å²) >= 11 is 5.19. The molecular formula is C18H23N4O3S+. The largest absolute Gasteiger partial charge is 0.497 e. The van der Waals surface area contributed by atoms with E-state index >= 15 is 0 Å². The number of quaternary nitrogens is 1. The molecule has 0 unspecified atom stereocenters. The van der Waals surface area contributed by atoms with Gasteiger partial charge in [0.25, 0.3) is 5.91 Å². The van der Waals surface area contributed by atoms with Crippen molar-refractivity contribution < 1.29 is 20.1 Å². The Morgan fingerprint density at radius 1 is 1.27 bits per heavy atom. The van der Waals surface area contributed by atoms with Crippen LogP contribution < -0.4 is 20.7 Å². The molecule has 3 rings (SSSR count). The van der Waals surface area contributed by atoms with E-state index in [1.54, 1.807) is 31.4 Å². The molecule has 7 nitrogen and oxygen atoms in total. The highest BCUT2D eigenvalue weighted by Gasteiger charge is 2.38. The highest BCUT2D eigenvalue weighted by Crippen LogP contribution is 2.24. The molecule has 1 aliphatic heterocycles. The summed E-state index contributed by atoms with van der Waals surface area (Å²) < 4.78 is 5.13. The van der Waals surface area contributed by atoms with Crippen LogP contribution in [0.1, 0.15) is 25.7 Å². The molecule has 0 radical (unpaired) electrons. The number of anilines is 1. The van der Waals surface area contributed by atoms with Crippen LogP contribution >= 0.6 is 12.2 Å². The molecule has 1 aliphatic carbocycles. The van der Waals surface area contributed by atoms with E-state index < -0.39 is 17.7 Å². The Balaban J connectivity index is 1.80. The van der Waals surface area contributed by atoms with Crippen molar-refractivity contribution in [3.05, 3.63) is 24.3 Å². The van der Waals surface area contributed by atoms with Crippen molar-refractivity contribution in [1.29, 1.82) is 0 Å². The molecule has 26 heavy (non-hydrogen) atoms. The number of thiocarbonyl (C=S) groups is 1. The van der Waals surface area contributed by atoms with Crippen LogP contribution in [-0.4, -0.2) is 42.3 Å². The molecule has 1 saturated carbocycles. The number of rotatable bonds is 4. The van der Waals surface area contributed by atoms with Gasteiger partial charge in [0.15, 0.2) is 11.0 Å². The van der Waals surface area contributed by atoms with Crippen LogP contribution in [0.5, 0.6) is 5.75 Å². The lowest BCUT2D eigenvalue weighted by atomic mass is 9.91. The lowest BCUT2D eigenvalue weighted by molar-refractivity contribution is -0.428. The average molecular weight is 375 g/mol. The second-order valence-electron chi connectivity index (χ2n) is 6.55. The fraction of sp³-hybridized carbons (Fsp3) is 0.444. The highest BCUT2D eigenvalue weighted by atomic mass is 32.1. The fourth-order valence-corrected chi connectivity index (χ4v) is 3.57. The summed E-state index contributed by atoms with van der Waals surface area (Å²) in [7, 11) is 1.57. The fourth-order valence-electron chi connectivity index (χ4n) is 3.28. The van der Waals surface area contributed by atoms with E-state index in [2.05, 4.69) is 16.0 Å². The van der Waals surface area contributed by atoms with Gasteiger partial charge in [-0.1, -0.05) is 6.42 Å². The van der Waals surface area contributed by atoms with E-state index in [9.17, 15) is 9.59 Å². The maximum absolute atomic E-state index is 12.9. The number of methoxy groups -OCH3 is 1. The molecular weight excluding hydrogens is 352 g/mol. The number of amides is 2. The summed E-state index contributed by atoms with van der Waals surface area (Å²) in [5.74, 6) is -1.16. The number of nitrogens with one attached hydrogen (secondary N) is 1. The molecule has 2 amide bonds. The third-order valence-corrected chi connectivity index (χ3v) is 5.11. The smallest absolute Gasteiger partial charge is 0.251 e. The third kappa shape index (κ3) is 3.76. The van der Waals surface area contributed by atoms with Gasteiger partial charge in [0.1, 0.15) is 17.8 Å². The number of nitrogens with zero attached hydrogens (tertiary/aromatic N) is 2. The topological polar surface area (TPSA) is 98.6 Å². The van der Waals surface area contributed by atoms with Crippen LogP contribution in [0, 0.1) is 5.92 Å². The maximum atomic E-state index is 12.9. The number of carbonyl (C=O) groups excluding carboxylic acids is 2. The lowest BCUT2D eigenvalue weighted by Crippen LogP contribution is -2.66. The van der Waals surface area contributed by atoms with Gasteiger partial charge in [-0.15, -0.1) is 0 Å². The van der Waals surface area contributed by atoms with Crippen molar-refractivity contribution in [2.24, 2.45) is 10.9 Å². The summed E-state index contributed by atoms with van der Waals surface area (Å²) in [5, 5.41) is 2.67. The first-order valence-corrected chi connectivity index (χ1v) is 9.11. The van der Waals surface area contributed by atoms with Gasteiger partial charge < -0.3 is 15.8 Å². The van der Waals surface area contributed by atoms with Crippen molar-refractivity contribution >= 4 is 41.0 Å². The van der Waals surface area contributed by atoms with Crippen LogP contribution in [-0.2, 0) is 9.59 Å². The maximum Gasteiger partial charge on any atom is 0.251 e. The van der Waals surface area contributed by atoms with Gasteiger partial charge >= 0.3 is 0 Å². The molecule has 1 aromatic carbocycles. The third-order valence-electron chi connectivity index (χ3n) is 4.83. The Labute approximate surface area is 157 Å². The van der Waals surface area contributed by atoms with Crippen LogP contribution in [0.2, 0.25) is 0 Å². The van der Waals surface area contributed by atoms with Gasteiger partial charge in [0, 0.05) is 12.6 Å². The monoisotopic (exact) mass is 375 g/mol. The molecule has 1 heterocycles. The normalized spacial score (nSPS) is 26.9. The molecule has 4 N–H and O–H groups in total. The Bertz CT molecular complexity index is 734. The average Bonchev–Trinajstić information content (AvgIpc) is 2.63. The van der Waals surface area contributed by atoms with Crippen LogP contribution in [0.4, 0.5) is 5.69 Å². The first kappa shape index (κ1) is 18.5. The number of benzene rings is 1. The van der Waals surface area contributed by atoms with Gasteiger partial charge in [-0.25, -0.2) is 0 Å². The molecule has 1 saturated heterocycles. The van der Waals surface area contributed by atoms with Gasteiger partial charge in [-0.3, -0.25) is 19.5 Å². The quantitative estimate of drug-likeness (QED) is 0.459. The van der Waals surface area contributed by atoms with Crippen molar-refractivity contribution in [3.8, 4) is 5.75 Å². The van der Waals surface area contributed by atoms with Crippen LogP contribution in [0.3, 0.4) is 0 Å². The Morgan fingerprint density at radius 3 is 2.62 bits per heavy atom. The van der Waals surface area contributed by atoms with E-state index in [0.717, 1.165) is 25.7 Å². The Morgan fingerprint density at radius 2 is 1.96 bits per heavy atom. The number of hydrogen-bond acceptors (Lipinski definition) is 5. The van der Waals surface area contributed by atoms with Gasteiger partial charge in [0.2, 0.25) is 5.91 Å². The van der Waals surface area contributed by atoms with Gasteiger partial charge in [-0.2, -0.15) is 0 Å². The zero-order chi connectivity index (χ0) is 18.7. The van der Waals surface area contributed by atoms with Crippen molar-refractivity contribution in [1.82, 2.24) is 5.32 Å². The van der Waals surface area contributed by atoms with Crippen molar-refractivity contribution in [3.63, 3.8) is 0 Å². The number of aliphatic imine (C=N–C) groups is 1. The minimum absolute atomic E-state index is 0.0627. The first-order valence-electron chi connectivity index (χ1n) is 8.70. The van der Waals surface area contributed by atoms with Crippen LogP contribution in [0.15, 0.2) is 29.3 Å². The van der Waals surface area contributed by atoms with Gasteiger partial charge in [0.05, 0.1) is 12.8 Å². The minimum Gasteiger partial charge on any atom is -0.497 e. The van der Waals surface area contributed by atoms with E-state index in [1.807, 2.05) is 0 Å². The summed E-state index contributed by atoms with van der Waals surface area (Å²) in [6.45, 7) is 0. The Hall–Kier alpha value is -2.32. The number of hydrogen-bond donors (Lipinski definition) is 2. The molecule has 3 atom stereocenters. The first-order chi connectivity index (χ1) is 12.5. The Kier molecular flexibility index (Phi) is 5.63. The lowest BCUT2D eigenvalue weighted by Gasteiger charge is -2.31. The molecule has 0 spiro atoms. The summed E-state index contributed by atoms with van der Waals surface area (Å²) in [6.07, 6.45) is 5.68. The molecule has 1 aromatic rings. The minimum atomic E-state index is -0.988. The molecule has 2 fully saturated rings. The molecule has 8 heteroatoms. The second kappa shape index (κ2) is 7.92. The molecule has 0 aromatic heterocycles. The van der Waals surface area contributed by atoms with Gasteiger partial charge in [-0.05, 0) is 49.3 Å². The summed E-state index contributed by atoms with van der Waals surface area (Å²) in [6, 6.07) is 7.21. The van der Waals surface area contributed by atoms with E-state index in [1.165, 1.54) is 11.1 Å². The summed E-state index contributed by atoms with van der Waals surface area (Å²) in [4.78, 5) is 31.0. The standard InChI is InChI=1S/C18H22N4O3S/c1-25-12-8-6-11(7-9-12)22-17(24)13(16(23)21-18(22)26)10-20-15-5-3-2-4-14(15)19/h6-10,13-15H,2-5,19H2,1H3,(H,21,23,26)/p+1/t13-,14+,15+/m0/s1. The molecule has 2 aliphatic rings. The summed E-state index contributed by atoms with van der Waals surface area (Å²) in [5.41, 5.74) is 4.71. The molecule has 0 bridgehead atoms. The second-order valence-corrected chi connectivity index (χ2v) is 6.94. The van der Waals surface area contributed by atoms with Crippen molar-refractivity contribution in [2.45, 2.75) is 37.8 Å². The van der Waals surface area contributed by atoms with E-state index in [0.29, 0.717) is 11.4 Å². The predicted molar refractivity (Wildman–Crippen MR) is 102 cm³/mol. The molecule has 138 valence electrons. The SMILES string of the molecule is COc1ccc(N2C(=O)[C@@H](C=N[C@@H]3CCCC[C@H]3[NH3+])C(=O)NC2=S)cc1. The predicted octanol–water partition coefficient (Wildman–Crippen LogP) is 0.683. The number of ether oxygens (including phenoxy) is 1. The zero-order valence-electron chi connectivity index (χ0n) is 14.7. The highest BCUT2D eigenvalue weighted by molar-refractivity contribution is 7.80. The zero-order valence-corrected chi connectivity index (χ0v) is 15.5. The van der Waals surface area contributed by atoms with E-state index in [-0.39, 0.29) is 17.2 Å². The van der Waals surface area contributed by atoms with Crippen molar-refractivity contribution in [2.75, 3.05) is 12.0 Å². The number of carbonyl (C=O) groups is 2. The van der Waals surface area contributed by atoms with E-state index in [4.69, 9.17) is 17.0 Å².